The number of ether oxygens (including phenoxy) is 1. The van der Waals surface area contributed by atoms with Crippen LogP contribution >= 0.6 is 0 Å². The standard InChI is InChI=1S/C25H44N2O2/c1-3-4-5-6-7-8-9-10-11-12-13-17-20-27(2)25(28)24(26)22-29-21-23-18-15-14-16-19-23/h14-16,18-19,24H,3-13,17,20-22,26H2,1-2H3/t24-/m0/s1. The molecule has 29 heavy (non-hydrogen) atoms. The van der Waals surface area contributed by atoms with Crippen LogP contribution in [-0.4, -0.2) is 37.0 Å². The average molecular weight is 405 g/mol. The highest BCUT2D eigenvalue weighted by molar-refractivity contribution is 5.81. The molecule has 1 aromatic carbocycles. The van der Waals surface area contributed by atoms with Crippen LogP contribution in [0.1, 0.15) is 89.5 Å². The monoisotopic (exact) mass is 404 g/mol. The molecule has 0 saturated carbocycles. The van der Waals surface area contributed by atoms with Crippen LogP contribution in [0.2, 0.25) is 0 Å². The first-order valence-corrected chi connectivity index (χ1v) is 11.8. The summed E-state index contributed by atoms with van der Waals surface area (Å²) in [6.45, 7) is 3.80. The Morgan fingerprint density at radius 3 is 1.97 bits per heavy atom. The third-order valence-corrected chi connectivity index (χ3v) is 5.45. The number of nitrogens with zero attached hydrogens (tertiary/aromatic N) is 1. The summed E-state index contributed by atoms with van der Waals surface area (Å²) in [4.78, 5) is 14.1. The molecule has 0 aliphatic rings. The first kappa shape index (κ1) is 25.6. The van der Waals surface area contributed by atoms with Gasteiger partial charge in [0.05, 0.1) is 13.2 Å². The second-order valence-corrected chi connectivity index (χ2v) is 8.26. The first-order valence-electron chi connectivity index (χ1n) is 11.8. The molecular weight excluding hydrogens is 360 g/mol. The largest absolute Gasteiger partial charge is 0.375 e. The number of hydrogen-bond acceptors (Lipinski definition) is 3. The molecule has 0 aromatic heterocycles. The first-order chi connectivity index (χ1) is 14.1. The third-order valence-electron chi connectivity index (χ3n) is 5.45. The Morgan fingerprint density at radius 2 is 1.41 bits per heavy atom. The molecule has 2 N–H and O–H groups in total. The molecular formula is C25H44N2O2. The minimum atomic E-state index is -0.582. The molecule has 1 rings (SSSR count). The van der Waals surface area contributed by atoms with Gasteiger partial charge in [0.2, 0.25) is 5.91 Å². The van der Waals surface area contributed by atoms with Crippen molar-refractivity contribution in [1.29, 1.82) is 0 Å². The number of rotatable bonds is 18. The van der Waals surface area contributed by atoms with Gasteiger partial charge in [0.1, 0.15) is 6.04 Å². The normalized spacial score (nSPS) is 12.1. The van der Waals surface area contributed by atoms with Crippen molar-refractivity contribution in [2.75, 3.05) is 20.2 Å². The minimum Gasteiger partial charge on any atom is -0.375 e. The summed E-state index contributed by atoms with van der Waals surface area (Å²) in [5, 5.41) is 0. The molecule has 1 amide bonds. The quantitative estimate of drug-likeness (QED) is 0.320. The fraction of sp³-hybridized carbons (Fsp3) is 0.720. The molecule has 0 aliphatic heterocycles. The van der Waals surface area contributed by atoms with Crippen LogP contribution in [0, 0.1) is 0 Å². The van der Waals surface area contributed by atoms with Crippen LogP contribution in [0.5, 0.6) is 0 Å². The number of carbonyl (C=O) groups is 1. The zero-order valence-corrected chi connectivity index (χ0v) is 18.9. The van der Waals surface area contributed by atoms with Crippen molar-refractivity contribution in [3.63, 3.8) is 0 Å². The zero-order chi connectivity index (χ0) is 21.2. The fourth-order valence-corrected chi connectivity index (χ4v) is 3.53. The lowest BCUT2D eigenvalue weighted by Gasteiger charge is -2.21. The van der Waals surface area contributed by atoms with E-state index in [0.717, 1.165) is 18.5 Å². The maximum absolute atomic E-state index is 12.3. The van der Waals surface area contributed by atoms with Gasteiger partial charge in [-0.15, -0.1) is 0 Å². The van der Waals surface area contributed by atoms with Gasteiger partial charge in [0.15, 0.2) is 0 Å². The zero-order valence-electron chi connectivity index (χ0n) is 18.9. The lowest BCUT2D eigenvalue weighted by molar-refractivity contribution is -0.132. The lowest BCUT2D eigenvalue weighted by atomic mass is 10.1. The molecule has 0 unspecified atom stereocenters. The maximum Gasteiger partial charge on any atom is 0.241 e. The Labute approximate surface area is 179 Å². The SMILES string of the molecule is CCCCCCCCCCCCCCN(C)C(=O)[C@@H](N)COCc1ccccc1. The smallest absolute Gasteiger partial charge is 0.241 e. The molecule has 0 spiro atoms. The number of unbranched alkanes of at least 4 members (excludes halogenated alkanes) is 11. The minimum absolute atomic E-state index is 0.0267. The third kappa shape index (κ3) is 13.5. The van der Waals surface area contributed by atoms with Crippen LogP contribution in [0.15, 0.2) is 30.3 Å². The number of nitrogens with two attached hydrogens (primary N) is 1. The van der Waals surface area contributed by atoms with E-state index < -0.39 is 6.04 Å². The van der Waals surface area contributed by atoms with E-state index in [-0.39, 0.29) is 12.5 Å². The number of amides is 1. The van der Waals surface area contributed by atoms with Crippen LogP contribution in [0.3, 0.4) is 0 Å². The fourth-order valence-electron chi connectivity index (χ4n) is 3.53. The molecule has 4 heteroatoms. The second kappa shape index (κ2) is 17.5. The Balaban J connectivity index is 1.96. The molecule has 0 saturated heterocycles. The van der Waals surface area contributed by atoms with Gasteiger partial charge in [-0.3, -0.25) is 4.79 Å². The predicted octanol–water partition coefficient (Wildman–Crippen LogP) is 5.69. The van der Waals surface area contributed by atoms with Gasteiger partial charge in [-0.05, 0) is 12.0 Å². The molecule has 0 fully saturated rings. The second-order valence-electron chi connectivity index (χ2n) is 8.26. The summed E-state index contributed by atoms with van der Waals surface area (Å²) in [5.74, 6) is -0.0267. The van der Waals surface area contributed by atoms with Gasteiger partial charge in [0.25, 0.3) is 0 Å². The van der Waals surface area contributed by atoms with Gasteiger partial charge in [-0.2, -0.15) is 0 Å². The van der Waals surface area contributed by atoms with Gasteiger partial charge >= 0.3 is 0 Å². The van der Waals surface area contributed by atoms with Crippen molar-refractivity contribution in [2.45, 2.75) is 96.6 Å². The highest BCUT2D eigenvalue weighted by Crippen LogP contribution is 2.12. The van der Waals surface area contributed by atoms with Crippen molar-refractivity contribution in [3.8, 4) is 0 Å². The van der Waals surface area contributed by atoms with Crippen LogP contribution < -0.4 is 5.73 Å². The van der Waals surface area contributed by atoms with E-state index in [0.29, 0.717) is 6.61 Å². The Bertz CT molecular complexity index is 507. The highest BCUT2D eigenvalue weighted by Gasteiger charge is 2.17. The van der Waals surface area contributed by atoms with Gasteiger partial charge in [-0.25, -0.2) is 0 Å². The van der Waals surface area contributed by atoms with Gasteiger partial charge in [0, 0.05) is 13.6 Å². The van der Waals surface area contributed by atoms with E-state index in [1.807, 2.05) is 37.4 Å². The van der Waals surface area contributed by atoms with Crippen molar-refractivity contribution in [2.24, 2.45) is 5.73 Å². The van der Waals surface area contributed by atoms with Crippen molar-refractivity contribution < 1.29 is 9.53 Å². The van der Waals surface area contributed by atoms with E-state index in [9.17, 15) is 4.79 Å². The Hall–Kier alpha value is -1.39. The van der Waals surface area contributed by atoms with E-state index in [1.54, 1.807) is 4.90 Å². The highest BCUT2D eigenvalue weighted by atomic mass is 16.5. The van der Waals surface area contributed by atoms with Crippen LogP contribution in [0.25, 0.3) is 0 Å². The van der Waals surface area contributed by atoms with E-state index in [1.165, 1.54) is 70.6 Å². The molecule has 166 valence electrons. The molecule has 0 heterocycles. The Kier molecular flexibility index (Phi) is 15.4. The van der Waals surface area contributed by atoms with Crippen molar-refractivity contribution in [1.82, 2.24) is 4.90 Å². The number of hydrogen-bond donors (Lipinski definition) is 1. The van der Waals surface area contributed by atoms with Gasteiger partial charge in [-0.1, -0.05) is 108 Å². The summed E-state index contributed by atoms with van der Waals surface area (Å²) in [5.41, 5.74) is 7.10. The van der Waals surface area contributed by atoms with Gasteiger partial charge < -0.3 is 15.4 Å². The summed E-state index contributed by atoms with van der Waals surface area (Å²) >= 11 is 0. The predicted molar refractivity (Wildman–Crippen MR) is 123 cm³/mol. The van der Waals surface area contributed by atoms with E-state index >= 15 is 0 Å². The average Bonchev–Trinajstić information content (AvgIpc) is 2.74. The van der Waals surface area contributed by atoms with Crippen LogP contribution in [0.4, 0.5) is 0 Å². The van der Waals surface area contributed by atoms with Crippen molar-refractivity contribution in [3.05, 3.63) is 35.9 Å². The summed E-state index contributed by atoms with van der Waals surface area (Å²) in [6.07, 6.45) is 15.9. The number of likely N-dealkylation sites (N-methyl/N-ethyl adjacent to an activating group) is 1. The van der Waals surface area contributed by atoms with E-state index in [2.05, 4.69) is 6.92 Å². The maximum atomic E-state index is 12.3. The molecule has 4 nitrogen and oxygen atoms in total. The molecule has 1 atom stereocenters. The number of carbonyl (C=O) groups excluding carboxylic acids is 1. The van der Waals surface area contributed by atoms with E-state index in [4.69, 9.17) is 10.5 Å². The summed E-state index contributed by atoms with van der Waals surface area (Å²) in [7, 11) is 1.85. The summed E-state index contributed by atoms with van der Waals surface area (Å²) in [6, 6.07) is 9.36. The summed E-state index contributed by atoms with van der Waals surface area (Å²) < 4.78 is 5.60. The number of benzene rings is 1. The lowest BCUT2D eigenvalue weighted by Crippen LogP contribution is -2.44. The van der Waals surface area contributed by atoms with Crippen molar-refractivity contribution >= 4 is 5.91 Å². The molecule has 0 bridgehead atoms. The molecule has 1 aromatic rings. The molecule has 0 radical (unpaired) electrons. The van der Waals surface area contributed by atoms with Crippen LogP contribution in [-0.2, 0) is 16.1 Å². The Morgan fingerprint density at radius 1 is 0.897 bits per heavy atom. The molecule has 0 aliphatic carbocycles. The topological polar surface area (TPSA) is 55.6 Å².